The van der Waals surface area contributed by atoms with Gasteiger partial charge >= 0.3 is 5.97 Å². The highest BCUT2D eigenvalue weighted by Crippen LogP contribution is 2.17. The van der Waals surface area contributed by atoms with Gasteiger partial charge in [-0.15, -0.1) is 0 Å². The number of hydrogen-bond donors (Lipinski definition) is 0. The molecule has 7 heteroatoms. The van der Waals surface area contributed by atoms with Crippen LogP contribution in [0.3, 0.4) is 0 Å². The lowest BCUT2D eigenvalue weighted by atomic mass is 10.0. The standard InChI is InChI=1S/C19H32N4O3.CH4/c1-4-21(5-2)16-9-12-22(13-10-16)18(24)8-7-17-20-11-14-23(17)15-19(25)26-6-3;/h11,14,16H,4-10,12-13,15H2,1-3H3;1H4. The van der Waals surface area contributed by atoms with E-state index in [2.05, 4.69) is 23.7 Å². The number of carbonyl (C=O) groups excluding carboxylic acids is 2. The fraction of sp³-hybridized carbons (Fsp3) is 0.750. The molecule has 1 aliphatic heterocycles. The molecule has 27 heavy (non-hydrogen) atoms. The molecule has 0 aliphatic carbocycles. The summed E-state index contributed by atoms with van der Waals surface area (Å²) in [6.45, 7) is 10.5. The number of aromatic nitrogens is 2. The SMILES string of the molecule is C.CCOC(=O)Cn1ccnc1CCC(=O)N1CCC(N(CC)CC)CC1. The van der Waals surface area contributed by atoms with Gasteiger partial charge in [0.2, 0.25) is 5.91 Å². The topological polar surface area (TPSA) is 67.7 Å². The zero-order chi connectivity index (χ0) is 18.9. The molecule has 0 radical (unpaired) electrons. The summed E-state index contributed by atoms with van der Waals surface area (Å²) in [6.07, 6.45) is 6.48. The van der Waals surface area contributed by atoms with Crippen molar-refractivity contribution in [3.05, 3.63) is 18.2 Å². The number of ether oxygens (including phenoxy) is 1. The van der Waals surface area contributed by atoms with Crippen molar-refractivity contribution in [2.24, 2.45) is 0 Å². The lowest BCUT2D eigenvalue weighted by molar-refractivity contribution is -0.143. The molecule has 7 nitrogen and oxygen atoms in total. The maximum absolute atomic E-state index is 12.5. The normalized spacial score (nSPS) is 14.9. The van der Waals surface area contributed by atoms with Crippen LogP contribution in [0.5, 0.6) is 0 Å². The van der Waals surface area contributed by atoms with Crippen LogP contribution in [0.15, 0.2) is 12.4 Å². The maximum atomic E-state index is 12.5. The molecule has 1 saturated heterocycles. The van der Waals surface area contributed by atoms with Gasteiger partial charge in [-0.3, -0.25) is 9.59 Å². The molecule has 1 fully saturated rings. The molecule has 2 rings (SSSR count). The smallest absolute Gasteiger partial charge is 0.325 e. The number of nitrogens with zero attached hydrogens (tertiary/aromatic N) is 4. The van der Waals surface area contributed by atoms with Crippen LogP contribution < -0.4 is 0 Å². The van der Waals surface area contributed by atoms with Crippen LogP contribution in [0.4, 0.5) is 0 Å². The Kier molecular flexibility index (Phi) is 10.1. The van der Waals surface area contributed by atoms with Gasteiger partial charge in [0.15, 0.2) is 0 Å². The average molecular weight is 381 g/mol. The van der Waals surface area contributed by atoms with E-state index in [1.807, 2.05) is 4.90 Å². The molecule has 0 atom stereocenters. The summed E-state index contributed by atoms with van der Waals surface area (Å²) in [4.78, 5) is 32.9. The third-order valence-electron chi connectivity index (χ3n) is 5.11. The van der Waals surface area contributed by atoms with Crippen LogP contribution in [0.1, 0.15) is 53.3 Å². The van der Waals surface area contributed by atoms with Crippen molar-refractivity contribution in [1.82, 2.24) is 19.4 Å². The average Bonchev–Trinajstić information content (AvgIpc) is 3.08. The van der Waals surface area contributed by atoms with Crippen molar-refractivity contribution in [2.45, 2.75) is 66.5 Å². The lowest BCUT2D eigenvalue weighted by Gasteiger charge is -2.37. The zero-order valence-electron chi connectivity index (χ0n) is 16.3. The van der Waals surface area contributed by atoms with Gasteiger partial charge in [-0.05, 0) is 32.9 Å². The number of amides is 1. The van der Waals surface area contributed by atoms with E-state index >= 15 is 0 Å². The van der Waals surface area contributed by atoms with Gasteiger partial charge in [-0.2, -0.15) is 0 Å². The molecule has 154 valence electrons. The van der Waals surface area contributed by atoms with E-state index in [1.54, 1.807) is 23.9 Å². The molecule has 1 aromatic heterocycles. The molecular formula is C20H36N4O3. The van der Waals surface area contributed by atoms with E-state index in [-0.39, 0.29) is 25.8 Å². The van der Waals surface area contributed by atoms with E-state index in [1.165, 1.54) is 0 Å². The third-order valence-corrected chi connectivity index (χ3v) is 5.11. The van der Waals surface area contributed by atoms with Crippen LogP contribution in [0.2, 0.25) is 0 Å². The lowest BCUT2D eigenvalue weighted by Crippen LogP contribution is -2.46. The number of carbonyl (C=O) groups is 2. The van der Waals surface area contributed by atoms with Crippen LogP contribution in [-0.4, -0.2) is 70.1 Å². The van der Waals surface area contributed by atoms with Crippen molar-refractivity contribution in [1.29, 1.82) is 0 Å². The Hall–Kier alpha value is -1.89. The Labute approximate surface area is 163 Å². The number of piperidine rings is 1. The summed E-state index contributed by atoms with van der Waals surface area (Å²) in [6, 6.07) is 0.595. The molecule has 0 N–H and O–H groups in total. The molecule has 0 aromatic carbocycles. The number of rotatable bonds is 9. The molecule has 0 unspecified atom stereocenters. The quantitative estimate of drug-likeness (QED) is 0.615. The molecular weight excluding hydrogens is 344 g/mol. The summed E-state index contributed by atoms with van der Waals surface area (Å²) in [7, 11) is 0. The fourth-order valence-corrected chi connectivity index (χ4v) is 3.66. The fourth-order valence-electron chi connectivity index (χ4n) is 3.66. The first kappa shape index (κ1) is 23.1. The van der Waals surface area contributed by atoms with E-state index in [9.17, 15) is 9.59 Å². The van der Waals surface area contributed by atoms with Gasteiger partial charge in [0.25, 0.3) is 0 Å². The number of likely N-dealkylation sites (tertiary alicyclic amines) is 1. The summed E-state index contributed by atoms with van der Waals surface area (Å²) < 4.78 is 6.73. The van der Waals surface area contributed by atoms with Crippen LogP contribution >= 0.6 is 0 Å². The Balaban J connectivity index is 0.00000364. The minimum absolute atomic E-state index is 0. The van der Waals surface area contributed by atoms with Gasteiger partial charge in [0, 0.05) is 44.4 Å². The highest BCUT2D eigenvalue weighted by molar-refractivity contribution is 5.76. The van der Waals surface area contributed by atoms with Crippen molar-refractivity contribution in [3.8, 4) is 0 Å². The number of hydrogen-bond acceptors (Lipinski definition) is 5. The van der Waals surface area contributed by atoms with E-state index in [0.29, 0.717) is 25.5 Å². The van der Waals surface area contributed by atoms with Crippen LogP contribution in [-0.2, 0) is 27.3 Å². The first-order chi connectivity index (χ1) is 12.6. The van der Waals surface area contributed by atoms with Crippen molar-refractivity contribution in [3.63, 3.8) is 0 Å². The summed E-state index contributed by atoms with van der Waals surface area (Å²) in [5.74, 6) is 0.648. The van der Waals surface area contributed by atoms with Crippen LogP contribution in [0.25, 0.3) is 0 Å². The first-order valence-corrected chi connectivity index (χ1v) is 9.76. The monoisotopic (exact) mass is 380 g/mol. The predicted octanol–water partition coefficient (Wildman–Crippen LogP) is 2.35. The van der Waals surface area contributed by atoms with Gasteiger partial charge in [-0.25, -0.2) is 4.98 Å². The van der Waals surface area contributed by atoms with Crippen molar-refractivity contribution >= 4 is 11.9 Å². The van der Waals surface area contributed by atoms with Gasteiger partial charge < -0.3 is 19.1 Å². The molecule has 1 amide bonds. The van der Waals surface area contributed by atoms with Gasteiger partial charge in [0.1, 0.15) is 12.4 Å². The summed E-state index contributed by atoms with van der Waals surface area (Å²) >= 11 is 0. The highest BCUT2D eigenvalue weighted by Gasteiger charge is 2.25. The second kappa shape index (κ2) is 11.7. The molecule has 2 heterocycles. The molecule has 0 spiro atoms. The highest BCUT2D eigenvalue weighted by atomic mass is 16.5. The number of esters is 1. The van der Waals surface area contributed by atoms with E-state index in [0.717, 1.165) is 44.8 Å². The summed E-state index contributed by atoms with van der Waals surface area (Å²) in [5.41, 5.74) is 0. The van der Waals surface area contributed by atoms with Gasteiger partial charge in [0.05, 0.1) is 6.61 Å². The molecule has 0 saturated carbocycles. The van der Waals surface area contributed by atoms with Crippen molar-refractivity contribution in [2.75, 3.05) is 32.8 Å². The second-order valence-corrected chi connectivity index (χ2v) is 6.61. The maximum Gasteiger partial charge on any atom is 0.325 e. The van der Waals surface area contributed by atoms with E-state index < -0.39 is 0 Å². The predicted molar refractivity (Wildman–Crippen MR) is 106 cm³/mol. The Morgan fingerprint density at radius 2 is 1.89 bits per heavy atom. The Morgan fingerprint density at radius 3 is 2.48 bits per heavy atom. The third kappa shape index (κ3) is 6.65. The molecule has 1 aliphatic rings. The number of aryl methyl sites for hydroxylation is 1. The zero-order valence-corrected chi connectivity index (χ0v) is 16.3. The first-order valence-electron chi connectivity index (χ1n) is 9.76. The Morgan fingerprint density at radius 1 is 1.22 bits per heavy atom. The molecule has 0 bridgehead atoms. The minimum atomic E-state index is -0.281. The number of imidazole rings is 1. The summed E-state index contributed by atoms with van der Waals surface area (Å²) in [5, 5.41) is 0. The van der Waals surface area contributed by atoms with E-state index in [4.69, 9.17) is 4.74 Å². The minimum Gasteiger partial charge on any atom is -0.465 e. The van der Waals surface area contributed by atoms with Crippen molar-refractivity contribution < 1.29 is 14.3 Å². The largest absolute Gasteiger partial charge is 0.465 e. The Bertz CT molecular complexity index is 576. The molecule has 1 aromatic rings. The second-order valence-electron chi connectivity index (χ2n) is 6.61. The van der Waals surface area contributed by atoms with Gasteiger partial charge in [-0.1, -0.05) is 21.3 Å². The van der Waals surface area contributed by atoms with Crippen LogP contribution in [0, 0.1) is 0 Å².